The van der Waals surface area contributed by atoms with Gasteiger partial charge in [-0.3, -0.25) is 0 Å². The highest BCUT2D eigenvalue weighted by Crippen LogP contribution is 2.39. The van der Waals surface area contributed by atoms with E-state index < -0.39 is 0 Å². The van der Waals surface area contributed by atoms with E-state index in [0.717, 1.165) is 0 Å². The molecule has 0 saturated heterocycles. The van der Waals surface area contributed by atoms with E-state index in [2.05, 4.69) is 50.2 Å². The molecule has 0 spiro atoms. The van der Waals surface area contributed by atoms with E-state index >= 15 is 0 Å². The summed E-state index contributed by atoms with van der Waals surface area (Å²) in [6, 6.07) is 13.6. The highest BCUT2D eigenvalue weighted by atomic mass is 32.1. The summed E-state index contributed by atoms with van der Waals surface area (Å²) in [6.07, 6.45) is 2.41. The van der Waals surface area contributed by atoms with E-state index in [1.165, 1.54) is 49.7 Å². The van der Waals surface area contributed by atoms with Gasteiger partial charge >= 0.3 is 0 Å². The Balaban J connectivity index is 2.11. The molecule has 0 atom stereocenters. The Morgan fingerprint density at radius 3 is 2.63 bits per heavy atom. The molecule has 0 amide bonds. The Morgan fingerprint density at radius 2 is 1.74 bits per heavy atom. The first-order valence-corrected chi connectivity index (χ1v) is 7.66. The minimum Gasteiger partial charge on any atom is -0.135 e. The lowest BCUT2D eigenvalue weighted by molar-refractivity contribution is 0.918. The quantitative estimate of drug-likeness (QED) is 0.482. The number of fused-ring (bicyclic) bond motifs is 4. The third-order valence-corrected chi connectivity index (χ3v) is 5.55. The van der Waals surface area contributed by atoms with Gasteiger partial charge in [0.05, 0.1) is 0 Å². The van der Waals surface area contributed by atoms with Crippen molar-refractivity contribution in [1.29, 1.82) is 0 Å². The molecule has 1 aliphatic rings. The maximum Gasteiger partial charge on any atom is 0.0361 e. The Morgan fingerprint density at radius 1 is 0.895 bits per heavy atom. The summed E-state index contributed by atoms with van der Waals surface area (Å²) in [5.74, 6) is 0. The maximum absolute atomic E-state index is 2.43. The van der Waals surface area contributed by atoms with E-state index in [4.69, 9.17) is 0 Å². The van der Waals surface area contributed by atoms with Crippen molar-refractivity contribution in [2.45, 2.75) is 26.7 Å². The van der Waals surface area contributed by atoms with Crippen LogP contribution in [0, 0.1) is 0 Å². The lowest BCUT2D eigenvalue weighted by Gasteiger charge is -2.19. The molecule has 0 radical (unpaired) electrons. The number of hydrogen-bond donors (Lipinski definition) is 0. The molecule has 1 heteroatoms. The van der Waals surface area contributed by atoms with Crippen molar-refractivity contribution in [3.05, 3.63) is 53.1 Å². The van der Waals surface area contributed by atoms with Crippen molar-refractivity contribution in [3.8, 4) is 0 Å². The molecule has 0 nitrogen and oxygen atoms in total. The van der Waals surface area contributed by atoms with Gasteiger partial charge < -0.3 is 0 Å². The lowest BCUT2D eigenvalue weighted by Crippen LogP contribution is -2.01. The van der Waals surface area contributed by atoms with E-state index in [1.54, 1.807) is 5.57 Å². The van der Waals surface area contributed by atoms with E-state index in [9.17, 15) is 0 Å². The van der Waals surface area contributed by atoms with Crippen LogP contribution in [0.1, 0.15) is 31.4 Å². The molecule has 0 bridgehead atoms. The minimum absolute atomic E-state index is 1.19. The zero-order valence-corrected chi connectivity index (χ0v) is 12.1. The van der Waals surface area contributed by atoms with E-state index in [-0.39, 0.29) is 0 Å². The van der Waals surface area contributed by atoms with Gasteiger partial charge in [0.1, 0.15) is 0 Å². The number of aryl methyl sites for hydroxylation is 1. The van der Waals surface area contributed by atoms with Gasteiger partial charge in [0.2, 0.25) is 0 Å². The molecule has 2 aromatic carbocycles. The van der Waals surface area contributed by atoms with Crippen LogP contribution in [-0.4, -0.2) is 0 Å². The van der Waals surface area contributed by atoms with Gasteiger partial charge in [0.25, 0.3) is 0 Å². The monoisotopic (exact) mass is 264 g/mol. The summed E-state index contributed by atoms with van der Waals surface area (Å²) in [6.45, 7) is 4.54. The standard InChI is InChI=1S/C18H16S/c1-11-7-8-13-9-16-14-5-3-4-6-17(14)19-18(16)10-15(13)12(11)2/h3-6,9-10H,7-8H2,1-2H3. The van der Waals surface area contributed by atoms with Gasteiger partial charge in [-0.15, -0.1) is 11.3 Å². The normalized spacial score (nSPS) is 15.3. The van der Waals surface area contributed by atoms with Crippen LogP contribution in [0.25, 0.3) is 25.7 Å². The molecule has 1 heterocycles. The van der Waals surface area contributed by atoms with Crippen LogP contribution in [0.5, 0.6) is 0 Å². The molecule has 0 aliphatic heterocycles. The Labute approximate surface area is 117 Å². The second-order valence-corrected chi connectivity index (χ2v) is 6.59. The van der Waals surface area contributed by atoms with Crippen molar-refractivity contribution < 1.29 is 0 Å². The molecule has 0 unspecified atom stereocenters. The largest absolute Gasteiger partial charge is 0.135 e. The first-order chi connectivity index (χ1) is 9.24. The highest BCUT2D eigenvalue weighted by molar-refractivity contribution is 7.25. The number of hydrogen-bond acceptors (Lipinski definition) is 1. The summed E-state index contributed by atoms with van der Waals surface area (Å²) in [5, 5.41) is 2.85. The molecule has 0 saturated carbocycles. The van der Waals surface area contributed by atoms with Crippen LogP contribution in [0.3, 0.4) is 0 Å². The zero-order valence-electron chi connectivity index (χ0n) is 11.3. The molecule has 1 aromatic heterocycles. The first kappa shape index (κ1) is 11.2. The SMILES string of the molecule is CC1=C(C)c2cc3sc4ccccc4c3cc2CC1. The first-order valence-electron chi connectivity index (χ1n) is 6.85. The van der Waals surface area contributed by atoms with Crippen molar-refractivity contribution >= 4 is 37.1 Å². The fraction of sp³-hybridized carbons (Fsp3) is 0.222. The van der Waals surface area contributed by atoms with Crippen molar-refractivity contribution in [1.82, 2.24) is 0 Å². The summed E-state index contributed by atoms with van der Waals surface area (Å²) in [4.78, 5) is 0. The Kier molecular flexibility index (Phi) is 2.33. The molecule has 3 aromatic rings. The summed E-state index contributed by atoms with van der Waals surface area (Å²) in [7, 11) is 0. The van der Waals surface area contributed by atoms with Crippen LogP contribution in [0.15, 0.2) is 42.0 Å². The fourth-order valence-corrected chi connectivity index (χ4v) is 4.24. The average molecular weight is 264 g/mol. The third kappa shape index (κ3) is 1.58. The van der Waals surface area contributed by atoms with E-state index in [1.807, 2.05) is 11.3 Å². The Hall–Kier alpha value is -1.60. The van der Waals surface area contributed by atoms with Gasteiger partial charge in [0, 0.05) is 20.2 Å². The predicted molar refractivity (Wildman–Crippen MR) is 85.9 cm³/mol. The molecular formula is C18H16S. The number of allylic oxidation sites excluding steroid dienone is 2. The molecule has 4 rings (SSSR count). The van der Waals surface area contributed by atoms with Crippen LogP contribution < -0.4 is 0 Å². The topological polar surface area (TPSA) is 0 Å². The van der Waals surface area contributed by atoms with Crippen LogP contribution in [-0.2, 0) is 6.42 Å². The molecule has 0 N–H and O–H groups in total. The van der Waals surface area contributed by atoms with Crippen LogP contribution in [0.2, 0.25) is 0 Å². The average Bonchev–Trinajstić information content (AvgIpc) is 2.79. The number of rotatable bonds is 0. The summed E-state index contributed by atoms with van der Waals surface area (Å²) in [5.41, 5.74) is 6.04. The molecule has 0 fully saturated rings. The number of thiophene rings is 1. The van der Waals surface area contributed by atoms with Gasteiger partial charge in [0.15, 0.2) is 0 Å². The van der Waals surface area contributed by atoms with Crippen molar-refractivity contribution in [3.63, 3.8) is 0 Å². The predicted octanol–water partition coefficient (Wildman–Crippen LogP) is 5.79. The van der Waals surface area contributed by atoms with E-state index in [0.29, 0.717) is 0 Å². The maximum atomic E-state index is 2.43. The van der Waals surface area contributed by atoms with Gasteiger partial charge in [-0.25, -0.2) is 0 Å². The lowest BCUT2D eigenvalue weighted by atomic mass is 9.86. The fourth-order valence-electron chi connectivity index (χ4n) is 3.11. The molecule has 94 valence electrons. The Bertz CT molecular complexity index is 833. The van der Waals surface area contributed by atoms with Crippen molar-refractivity contribution in [2.75, 3.05) is 0 Å². The smallest absolute Gasteiger partial charge is 0.0361 e. The third-order valence-electron chi connectivity index (χ3n) is 4.42. The molecule has 19 heavy (non-hydrogen) atoms. The molecule has 1 aliphatic carbocycles. The summed E-state index contributed by atoms with van der Waals surface area (Å²) >= 11 is 1.92. The second-order valence-electron chi connectivity index (χ2n) is 5.51. The summed E-state index contributed by atoms with van der Waals surface area (Å²) < 4.78 is 2.83. The number of benzene rings is 2. The van der Waals surface area contributed by atoms with Crippen molar-refractivity contribution in [2.24, 2.45) is 0 Å². The molecular weight excluding hydrogens is 248 g/mol. The van der Waals surface area contributed by atoms with Gasteiger partial charge in [-0.2, -0.15) is 0 Å². The highest BCUT2D eigenvalue weighted by Gasteiger charge is 2.16. The second kappa shape index (κ2) is 3.94. The minimum atomic E-state index is 1.19. The van der Waals surface area contributed by atoms with Gasteiger partial charge in [-0.1, -0.05) is 23.8 Å². The van der Waals surface area contributed by atoms with Crippen LogP contribution >= 0.6 is 11.3 Å². The van der Waals surface area contributed by atoms with Gasteiger partial charge in [-0.05, 0) is 61.6 Å². The van der Waals surface area contributed by atoms with Crippen LogP contribution in [0.4, 0.5) is 0 Å². The zero-order chi connectivity index (χ0) is 13.0.